The maximum absolute atomic E-state index is 13.6. The lowest BCUT2D eigenvalue weighted by molar-refractivity contribution is 0.0955. The second-order valence-electron chi connectivity index (χ2n) is 4.09. The number of hydrogen-bond acceptors (Lipinski definition) is 3. The number of nitrogens with one attached hydrogen (secondary N) is 1. The van der Waals surface area contributed by atoms with Crippen molar-refractivity contribution in [3.05, 3.63) is 52.1 Å². The molecular formula is C13H12ClFN4O. The second kappa shape index (κ2) is 5.83. The van der Waals surface area contributed by atoms with E-state index in [-0.39, 0.29) is 5.56 Å². The molecule has 1 N–H and O–H groups in total. The van der Waals surface area contributed by atoms with Gasteiger partial charge in [0.1, 0.15) is 0 Å². The maximum atomic E-state index is 13.6. The highest BCUT2D eigenvalue weighted by Crippen LogP contribution is 2.14. The van der Waals surface area contributed by atoms with Crippen LogP contribution in [0.3, 0.4) is 0 Å². The smallest absolute Gasteiger partial charge is 0.267 e. The first kappa shape index (κ1) is 14.2. The van der Waals surface area contributed by atoms with Crippen molar-refractivity contribution in [3.63, 3.8) is 0 Å². The molecule has 0 unspecified atom stereocenters. The van der Waals surface area contributed by atoms with Gasteiger partial charge >= 0.3 is 0 Å². The van der Waals surface area contributed by atoms with Gasteiger partial charge < -0.3 is 0 Å². The van der Waals surface area contributed by atoms with Gasteiger partial charge in [-0.25, -0.2) is 10.1 Å². The molecule has 0 fully saturated rings. The van der Waals surface area contributed by atoms with Crippen LogP contribution in [0.25, 0.3) is 0 Å². The predicted octanol–water partition coefficient (Wildman–Crippen LogP) is 2.28. The standard InChI is InChI=1S/C13H12ClFN4O/c1-8-10(12(15)19(2)18-8)7-16-17-13(20)9-5-3-4-6-11(9)14/h3-7H,1-2H3,(H,17,20)/b16-7-. The molecule has 0 saturated carbocycles. The van der Waals surface area contributed by atoms with E-state index < -0.39 is 11.9 Å². The average Bonchev–Trinajstić information content (AvgIpc) is 2.65. The van der Waals surface area contributed by atoms with Crippen LogP contribution in [0.15, 0.2) is 29.4 Å². The lowest BCUT2D eigenvalue weighted by atomic mass is 10.2. The number of aryl methyl sites for hydroxylation is 2. The summed E-state index contributed by atoms with van der Waals surface area (Å²) in [7, 11) is 1.49. The summed E-state index contributed by atoms with van der Waals surface area (Å²) in [4.78, 5) is 11.8. The van der Waals surface area contributed by atoms with E-state index in [9.17, 15) is 9.18 Å². The highest BCUT2D eigenvalue weighted by Gasteiger charge is 2.11. The van der Waals surface area contributed by atoms with Crippen LogP contribution in [-0.2, 0) is 7.05 Å². The van der Waals surface area contributed by atoms with Crippen LogP contribution in [0.2, 0.25) is 5.02 Å². The molecule has 104 valence electrons. The number of amides is 1. The average molecular weight is 295 g/mol. The fraction of sp³-hybridized carbons (Fsp3) is 0.154. The van der Waals surface area contributed by atoms with Crippen LogP contribution < -0.4 is 5.43 Å². The summed E-state index contributed by atoms with van der Waals surface area (Å²) in [5.41, 5.74) is 3.31. The summed E-state index contributed by atoms with van der Waals surface area (Å²) < 4.78 is 14.7. The molecule has 0 atom stereocenters. The number of carbonyl (C=O) groups is 1. The SMILES string of the molecule is Cc1nn(C)c(F)c1/C=N\NC(=O)c1ccccc1Cl. The van der Waals surface area contributed by atoms with Crippen molar-refractivity contribution < 1.29 is 9.18 Å². The van der Waals surface area contributed by atoms with Gasteiger partial charge in [-0.05, 0) is 19.1 Å². The van der Waals surface area contributed by atoms with Gasteiger partial charge in [0.05, 0.1) is 28.1 Å². The molecule has 1 heterocycles. The molecule has 0 radical (unpaired) electrons. The molecular weight excluding hydrogens is 283 g/mol. The van der Waals surface area contributed by atoms with Gasteiger partial charge in [-0.2, -0.15) is 14.6 Å². The van der Waals surface area contributed by atoms with E-state index in [1.165, 1.54) is 13.3 Å². The molecule has 2 aromatic rings. The molecule has 2 rings (SSSR count). The first-order valence-electron chi connectivity index (χ1n) is 5.77. The van der Waals surface area contributed by atoms with E-state index in [0.29, 0.717) is 16.3 Å². The molecule has 5 nitrogen and oxygen atoms in total. The highest BCUT2D eigenvalue weighted by atomic mass is 35.5. The van der Waals surface area contributed by atoms with Crippen molar-refractivity contribution in [1.82, 2.24) is 15.2 Å². The number of benzene rings is 1. The van der Waals surface area contributed by atoms with Crippen LogP contribution in [-0.4, -0.2) is 21.9 Å². The van der Waals surface area contributed by atoms with Crippen LogP contribution in [0, 0.1) is 12.9 Å². The normalized spacial score (nSPS) is 11.0. The van der Waals surface area contributed by atoms with Gasteiger partial charge in [0.2, 0.25) is 5.95 Å². The topological polar surface area (TPSA) is 59.3 Å². The zero-order valence-corrected chi connectivity index (χ0v) is 11.6. The number of carbonyl (C=O) groups excluding carboxylic acids is 1. The van der Waals surface area contributed by atoms with Crippen molar-refractivity contribution in [2.24, 2.45) is 12.1 Å². The molecule has 0 aliphatic heterocycles. The van der Waals surface area contributed by atoms with Gasteiger partial charge in [0.25, 0.3) is 5.91 Å². The van der Waals surface area contributed by atoms with Gasteiger partial charge in [-0.15, -0.1) is 0 Å². The number of nitrogens with zero attached hydrogens (tertiary/aromatic N) is 3. The number of halogens is 2. The summed E-state index contributed by atoms with van der Waals surface area (Å²) in [6.07, 6.45) is 1.21. The molecule has 0 aliphatic rings. The fourth-order valence-electron chi connectivity index (χ4n) is 1.65. The third kappa shape index (κ3) is 2.85. The minimum Gasteiger partial charge on any atom is -0.267 e. The Hall–Kier alpha value is -2.21. The summed E-state index contributed by atoms with van der Waals surface area (Å²) in [5.74, 6) is -0.980. The van der Waals surface area contributed by atoms with E-state index in [0.717, 1.165) is 4.68 Å². The Morgan fingerprint density at radius 2 is 2.20 bits per heavy atom. The van der Waals surface area contributed by atoms with Crippen LogP contribution in [0.5, 0.6) is 0 Å². The van der Waals surface area contributed by atoms with Crippen LogP contribution in [0.4, 0.5) is 4.39 Å². The fourth-order valence-corrected chi connectivity index (χ4v) is 1.88. The predicted molar refractivity (Wildman–Crippen MR) is 74.4 cm³/mol. The number of rotatable bonds is 3. The Balaban J connectivity index is 2.11. The molecule has 1 amide bonds. The largest absolute Gasteiger partial charge is 0.272 e. The lowest BCUT2D eigenvalue weighted by Crippen LogP contribution is -2.18. The molecule has 0 spiro atoms. The van der Waals surface area contributed by atoms with Gasteiger partial charge in [-0.1, -0.05) is 23.7 Å². The molecule has 0 bridgehead atoms. The second-order valence-corrected chi connectivity index (χ2v) is 4.50. The first-order valence-corrected chi connectivity index (χ1v) is 6.15. The van der Waals surface area contributed by atoms with Crippen LogP contribution >= 0.6 is 11.6 Å². The Kier molecular flexibility index (Phi) is 4.14. The Morgan fingerprint density at radius 3 is 2.80 bits per heavy atom. The summed E-state index contributed by atoms with van der Waals surface area (Å²) in [6, 6.07) is 6.58. The summed E-state index contributed by atoms with van der Waals surface area (Å²) in [6.45, 7) is 1.65. The van der Waals surface area contributed by atoms with Crippen molar-refractivity contribution in [2.45, 2.75) is 6.92 Å². The third-order valence-electron chi connectivity index (χ3n) is 2.67. The summed E-state index contributed by atoms with van der Waals surface area (Å²) >= 11 is 5.88. The number of hydrogen-bond donors (Lipinski definition) is 1. The molecule has 1 aromatic carbocycles. The molecule has 1 aromatic heterocycles. The minimum atomic E-state index is -0.516. The minimum absolute atomic E-state index is 0.229. The van der Waals surface area contributed by atoms with E-state index in [2.05, 4.69) is 15.6 Å². The Labute approximate surface area is 120 Å². The van der Waals surface area contributed by atoms with E-state index >= 15 is 0 Å². The highest BCUT2D eigenvalue weighted by molar-refractivity contribution is 6.33. The molecule has 20 heavy (non-hydrogen) atoms. The van der Waals surface area contributed by atoms with Crippen molar-refractivity contribution >= 4 is 23.7 Å². The molecule has 0 saturated heterocycles. The van der Waals surface area contributed by atoms with Crippen molar-refractivity contribution in [3.8, 4) is 0 Å². The van der Waals surface area contributed by atoms with E-state index in [4.69, 9.17) is 11.6 Å². The summed E-state index contributed by atoms with van der Waals surface area (Å²) in [5, 5.41) is 7.94. The Morgan fingerprint density at radius 1 is 1.50 bits per heavy atom. The Bertz CT molecular complexity index is 681. The number of hydrazone groups is 1. The monoisotopic (exact) mass is 294 g/mol. The van der Waals surface area contributed by atoms with Crippen molar-refractivity contribution in [2.75, 3.05) is 0 Å². The van der Waals surface area contributed by atoms with Gasteiger partial charge in [-0.3, -0.25) is 4.79 Å². The molecule has 0 aliphatic carbocycles. The van der Waals surface area contributed by atoms with Gasteiger partial charge in [0, 0.05) is 7.05 Å². The zero-order valence-electron chi connectivity index (χ0n) is 10.9. The number of aromatic nitrogens is 2. The van der Waals surface area contributed by atoms with E-state index in [1.54, 1.807) is 31.2 Å². The van der Waals surface area contributed by atoms with Gasteiger partial charge in [0.15, 0.2) is 0 Å². The third-order valence-corrected chi connectivity index (χ3v) is 3.00. The lowest BCUT2D eigenvalue weighted by Gasteiger charge is -2.01. The first-order chi connectivity index (χ1) is 9.50. The van der Waals surface area contributed by atoms with Crippen LogP contribution in [0.1, 0.15) is 21.6 Å². The van der Waals surface area contributed by atoms with E-state index in [1.807, 2.05) is 0 Å². The van der Waals surface area contributed by atoms with Crippen molar-refractivity contribution in [1.29, 1.82) is 0 Å². The quantitative estimate of drug-likeness (QED) is 0.697. The zero-order chi connectivity index (χ0) is 14.7. The maximum Gasteiger partial charge on any atom is 0.272 e. The molecule has 7 heteroatoms.